The lowest BCUT2D eigenvalue weighted by atomic mass is 10.1. The first-order chi connectivity index (χ1) is 15.8. The molecule has 0 heterocycles. The molecule has 2 rings (SSSR count). The van der Waals surface area contributed by atoms with Gasteiger partial charge in [-0.15, -0.1) is 0 Å². The molecule has 7 nitrogen and oxygen atoms in total. The van der Waals surface area contributed by atoms with Crippen molar-refractivity contribution < 1.29 is 22.7 Å². The average Bonchev–Trinajstić information content (AvgIpc) is 2.80. The second kappa shape index (κ2) is 13.2. The van der Waals surface area contributed by atoms with E-state index in [-0.39, 0.29) is 10.8 Å². The van der Waals surface area contributed by atoms with E-state index in [0.717, 1.165) is 30.4 Å². The topological polar surface area (TPSA) is 98.9 Å². The van der Waals surface area contributed by atoms with E-state index in [1.807, 2.05) is 18.2 Å². The summed E-state index contributed by atoms with van der Waals surface area (Å²) in [5.41, 5.74) is 1.75. The van der Waals surface area contributed by atoms with Gasteiger partial charge in [0.1, 0.15) is 0 Å². The second-order valence-corrected chi connectivity index (χ2v) is 9.71. The van der Waals surface area contributed by atoms with Crippen LogP contribution in [0.15, 0.2) is 47.4 Å². The summed E-state index contributed by atoms with van der Waals surface area (Å²) in [7, 11) is -0.593. The van der Waals surface area contributed by atoms with E-state index in [1.54, 1.807) is 31.3 Å². The number of benzene rings is 2. The minimum atomic E-state index is -3.76. The van der Waals surface area contributed by atoms with Crippen molar-refractivity contribution in [2.75, 3.05) is 14.2 Å². The molecule has 0 aliphatic rings. The molecule has 0 saturated heterocycles. The largest absolute Gasteiger partial charge is 0.493 e. The molecule has 0 saturated carbocycles. The molecule has 0 bridgehead atoms. The number of unbranched alkanes of at least 4 members (excludes halogenated alkanes) is 5. The summed E-state index contributed by atoms with van der Waals surface area (Å²) in [4.78, 5) is 14.9. The van der Waals surface area contributed by atoms with Crippen molar-refractivity contribution in [1.82, 2.24) is 4.90 Å². The Labute approximate surface area is 197 Å². The number of hydrogen-bond acceptors (Lipinski definition) is 5. The molecule has 0 atom stereocenters. The van der Waals surface area contributed by atoms with Gasteiger partial charge in [-0.05, 0) is 41.8 Å². The monoisotopic (exact) mass is 476 g/mol. The van der Waals surface area contributed by atoms with Crippen LogP contribution in [0.5, 0.6) is 11.5 Å². The number of primary sulfonamides is 1. The number of sulfonamides is 1. The van der Waals surface area contributed by atoms with Crippen molar-refractivity contribution in [2.45, 2.75) is 69.9 Å². The maximum absolute atomic E-state index is 13.1. The van der Waals surface area contributed by atoms with Gasteiger partial charge in [-0.25, -0.2) is 13.6 Å². The normalized spacial score (nSPS) is 11.3. The minimum absolute atomic E-state index is 0.0519. The zero-order chi connectivity index (χ0) is 24.3. The van der Waals surface area contributed by atoms with E-state index in [1.165, 1.54) is 31.4 Å². The maximum atomic E-state index is 13.1. The van der Waals surface area contributed by atoms with E-state index in [4.69, 9.17) is 14.6 Å². The lowest BCUT2D eigenvalue weighted by Crippen LogP contribution is -2.30. The highest BCUT2D eigenvalue weighted by molar-refractivity contribution is 7.89. The molecule has 2 aromatic carbocycles. The van der Waals surface area contributed by atoms with Crippen molar-refractivity contribution in [1.29, 1.82) is 0 Å². The first kappa shape index (κ1) is 26.7. The molecule has 1 amide bonds. The molecule has 182 valence electrons. The predicted octanol–water partition coefficient (Wildman–Crippen LogP) is 4.63. The fourth-order valence-corrected chi connectivity index (χ4v) is 4.17. The Morgan fingerprint density at radius 3 is 2.03 bits per heavy atom. The van der Waals surface area contributed by atoms with E-state index < -0.39 is 10.0 Å². The third-order valence-corrected chi connectivity index (χ3v) is 6.47. The third kappa shape index (κ3) is 8.70. The highest BCUT2D eigenvalue weighted by atomic mass is 32.2. The van der Waals surface area contributed by atoms with Crippen LogP contribution in [-0.4, -0.2) is 33.4 Å². The molecule has 8 heteroatoms. The number of amides is 1. The van der Waals surface area contributed by atoms with Crippen molar-refractivity contribution in [2.24, 2.45) is 5.14 Å². The summed E-state index contributed by atoms with van der Waals surface area (Å²) < 4.78 is 33.8. The number of nitrogens with two attached hydrogens (primary N) is 1. The molecular weight excluding hydrogens is 440 g/mol. The quantitative estimate of drug-likeness (QED) is 0.401. The fourth-order valence-electron chi connectivity index (χ4n) is 3.65. The van der Waals surface area contributed by atoms with Gasteiger partial charge in [-0.2, -0.15) is 0 Å². The Balaban J connectivity index is 2.14. The standard InChI is InChI=1S/C25H36N2O5S/c1-4-5-6-7-8-9-10-25(28)27(18-20-11-14-22(15-12-20)33(26,29)30)19-21-13-16-23(31-2)24(17-21)32-3/h11-17H,4-10,18-19H2,1-3H3,(H2,26,29,30). The van der Waals surface area contributed by atoms with Crippen LogP contribution in [0.3, 0.4) is 0 Å². The summed E-state index contributed by atoms with van der Waals surface area (Å²) in [6.45, 7) is 2.96. The number of nitrogens with zero attached hydrogens (tertiary/aromatic N) is 1. The van der Waals surface area contributed by atoms with Crippen LogP contribution in [0, 0.1) is 0 Å². The SMILES string of the molecule is CCCCCCCCC(=O)N(Cc1ccc(S(N)(=O)=O)cc1)Cc1ccc(OC)c(OC)c1. The summed E-state index contributed by atoms with van der Waals surface area (Å²) in [6.07, 6.45) is 7.15. The van der Waals surface area contributed by atoms with Gasteiger partial charge in [0, 0.05) is 19.5 Å². The minimum Gasteiger partial charge on any atom is -0.493 e. The number of rotatable bonds is 14. The Kier molecular flexibility index (Phi) is 10.7. The number of carbonyl (C=O) groups excluding carboxylic acids is 1. The first-order valence-electron chi connectivity index (χ1n) is 11.4. The van der Waals surface area contributed by atoms with Crippen LogP contribution in [0.25, 0.3) is 0 Å². The van der Waals surface area contributed by atoms with Gasteiger partial charge >= 0.3 is 0 Å². The molecular formula is C25H36N2O5S. The van der Waals surface area contributed by atoms with Gasteiger partial charge < -0.3 is 14.4 Å². The van der Waals surface area contributed by atoms with Gasteiger partial charge in [0.15, 0.2) is 11.5 Å². The van der Waals surface area contributed by atoms with Gasteiger partial charge in [-0.1, -0.05) is 57.2 Å². The van der Waals surface area contributed by atoms with Crippen molar-refractivity contribution in [3.8, 4) is 11.5 Å². The van der Waals surface area contributed by atoms with E-state index in [2.05, 4.69) is 6.92 Å². The van der Waals surface area contributed by atoms with Crippen LogP contribution in [-0.2, 0) is 27.9 Å². The highest BCUT2D eigenvalue weighted by Crippen LogP contribution is 2.28. The predicted molar refractivity (Wildman–Crippen MR) is 130 cm³/mol. The van der Waals surface area contributed by atoms with Gasteiger partial charge in [0.2, 0.25) is 15.9 Å². The molecule has 0 radical (unpaired) electrons. The number of ether oxygens (including phenoxy) is 2. The van der Waals surface area contributed by atoms with Crippen molar-refractivity contribution in [3.63, 3.8) is 0 Å². The van der Waals surface area contributed by atoms with Crippen LogP contribution >= 0.6 is 0 Å². The van der Waals surface area contributed by atoms with E-state index in [9.17, 15) is 13.2 Å². The molecule has 0 spiro atoms. The summed E-state index contributed by atoms with van der Waals surface area (Å²) in [5, 5.41) is 5.19. The molecule has 0 fully saturated rings. The molecule has 2 N–H and O–H groups in total. The van der Waals surface area contributed by atoms with E-state index in [0.29, 0.717) is 31.0 Å². The lowest BCUT2D eigenvalue weighted by molar-refractivity contribution is -0.132. The van der Waals surface area contributed by atoms with Gasteiger partial charge in [0.25, 0.3) is 0 Å². The van der Waals surface area contributed by atoms with Gasteiger partial charge in [0.05, 0.1) is 19.1 Å². The molecule has 0 unspecified atom stereocenters. The van der Waals surface area contributed by atoms with E-state index >= 15 is 0 Å². The number of methoxy groups -OCH3 is 2. The Morgan fingerprint density at radius 2 is 1.42 bits per heavy atom. The zero-order valence-corrected chi connectivity index (χ0v) is 20.7. The summed E-state index contributed by atoms with van der Waals surface area (Å²) >= 11 is 0. The zero-order valence-electron chi connectivity index (χ0n) is 19.9. The fraction of sp³-hybridized carbons (Fsp3) is 0.480. The second-order valence-electron chi connectivity index (χ2n) is 8.15. The van der Waals surface area contributed by atoms with Crippen LogP contribution < -0.4 is 14.6 Å². The maximum Gasteiger partial charge on any atom is 0.238 e. The Morgan fingerprint density at radius 1 is 0.848 bits per heavy atom. The van der Waals surface area contributed by atoms with Crippen molar-refractivity contribution >= 4 is 15.9 Å². The molecule has 0 aliphatic heterocycles. The van der Waals surface area contributed by atoms with Crippen molar-refractivity contribution in [3.05, 3.63) is 53.6 Å². The van der Waals surface area contributed by atoms with Crippen LogP contribution in [0.4, 0.5) is 0 Å². The first-order valence-corrected chi connectivity index (χ1v) is 12.9. The summed E-state index contributed by atoms with van der Waals surface area (Å²) in [6, 6.07) is 11.9. The van der Waals surface area contributed by atoms with Crippen LogP contribution in [0.2, 0.25) is 0 Å². The van der Waals surface area contributed by atoms with Gasteiger partial charge in [-0.3, -0.25) is 4.79 Å². The molecule has 33 heavy (non-hydrogen) atoms. The summed E-state index contributed by atoms with van der Waals surface area (Å²) in [5.74, 6) is 1.30. The smallest absolute Gasteiger partial charge is 0.238 e. The molecule has 0 aliphatic carbocycles. The lowest BCUT2D eigenvalue weighted by Gasteiger charge is -2.24. The Hall–Kier alpha value is -2.58. The average molecular weight is 477 g/mol. The number of hydrogen-bond donors (Lipinski definition) is 1. The molecule has 2 aromatic rings. The highest BCUT2D eigenvalue weighted by Gasteiger charge is 2.17. The molecule has 0 aromatic heterocycles. The number of carbonyl (C=O) groups is 1. The third-order valence-electron chi connectivity index (χ3n) is 5.54. The van der Waals surface area contributed by atoms with Crippen LogP contribution in [0.1, 0.15) is 63.0 Å². The Bertz CT molecular complexity index is 990.